The van der Waals surface area contributed by atoms with Crippen molar-refractivity contribution in [3.8, 4) is 0 Å². The molecule has 28 heavy (non-hydrogen) atoms. The van der Waals surface area contributed by atoms with E-state index < -0.39 is 5.91 Å². The number of fused-ring (bicyclic) bond motifs is 1. The maximum atomic E-state index is 13.0. The summed E-state index contributed by atoms with van der Waals surface area (Å²) in [5.74, 6) is 1.08. The lowest BCUT2D eigenvalue weighted by Gasteiger charge is -2.23. The quantitative estimate of drug-likeness (QED) is 0.596. The van der Waals surface area contributed by atoms with Crippen LogP contribution in [0.1, 0.15) is 27.2 Å². The summed E-state index contributed by atoms with van der Waals surface area (Å²) in [5, 5.41) is 7.56. The first-order valence-electron chi connectivity index (χ1n) is 8.87. The number of hydrogen-bond donors (Lipinski definition) is 3. The molecular formula is C19H23N7O2. The molecule has 0 atom stereocenters. The molecular weight excluding hydrogens is 358 g/mol. The number of primary amides is 1. The summed E-state index contributed by atoms with van der Waals surface area (Å²) in [6.45, 7) is 6.17. The van der Waals surface area contributed by atoms with E-state index in [2.05, 4.69) is 25.6 Å². The number of anilines is 3. The Balaban J connectivity index is 2.10. The molecule has 0 bridgehead atoms. The molecule has 0 saturated carbocycles. The largest absolute Gasteiger partial charge is 0.370 e. The molecule has 0 radical (unpaired) electrons. The number of nitrogens with one attached hydrogen (secondary N) is 2. The van der Waals surface area contributed by atoms with Gasteiger partial charge >= 0.3 is 0 Å². The predicted molar refractivity (Wildman–Crippen MR) is 109 cm³/mol. The maximum absolute atomic E-state index is 13.0. The minimum atomic E-state index is -0.457. The summed E-state index contributed by atoms with van der Waals surface area (Å²) < 4.78 is 1.47. The number of carbonyl (C=O) groups excluding carboxylic acids is 1. The molecule has 0 unspecified atom stereocenters. The second-order valence-electron chi connectivity index (χ2n) is 7.44. The topological polar surface area (TPSA) is 128 Å². The standard InChI is InChI=1S/C19H23N7O2/c1-19(2,3)25-17-16-12(4-8-26(18(16)28)9-5-13(20)27)10-14(24-17)23-15-11-21-6-7-22-15/h4,6-8,10-11H,5,9H2,1-3H3,(H2,20,27)(H2,22,23,24,25). The van der Waals surface area contributed by atoms with E-state index in [-0.39, 0.29) is 24.1 Å². The highest BCUT2D eigenvalue weighted by atomic mass is 16.1. The van der Waals surface area contributed by atoms with Crippen LogP contribution in [0.25, 0.3) is 10.8 Å². The lowest BCUT2D eigenvalue weighted by atomic mass is 10.1. The van der Waals surface area contributed by atoms with Crippen molar-refractivity contribution in [3.05, 3.63) is 47.3 Å². The zero-order valence-corrected chi connectivity index (χ0v) is 16.1. The molecule has 4 N–H and O–H groups in total. The van der Waals surface area contributed by atoms with Crippen LogP contribution >= 0.6 is 0 Å². The summed E-state index contributed by atoms with van der Waals surface area (Å²) in [5.41, 5.74) is 4.66. The first-order valence-corrected chi connectivity index (χ1v) is 8.87. The van der Waals surface area contributed by atoms with Crippen molar-refractivity contribution in [1.82, 2.24) is 19.5 Å². The van der Waals surface area contributed by atoms with E-state index in [1.165, 1.54) is 4.57 Å². The summed E-state index contributed by atoms with van der Waals surface area (Å²) in [6.07, 6.45) is 6.49. The van der Waals surface area contributed by atoms with Crippen LogP contribution < -0.4 is 21.9 Å². The maximum Gasteiger partial charge on any atom is 0.262 e. The smallest absolute Gasteiger partial charge is 0.262 e. The first-order chi connectivity index (χ1) is 13.2. The molecule has 3 aromatic rings. The molecule has 3 rings (SSSR count). The fourth-order valence-corrected chi connectivity index (χ4v) is 2.71. The summed E-state index contributed by atoms with van der Waals surface area (Å²) in [7, 11) is 0. The van der Waals surface area contributed by atoms with Crippen molar-refractivity contribution in [3.63, 3.8) is 0 Å². The third-order valence-corrected chi connectivity index (χ3v) is 3.87. The highest BCUT2D eigenvalue weighted by molar-refractivity contribution is 5.93. The Bertz CT molecular complexity index is 1060. The highest BCUT2D eigenvalue weighted by Crippen LogP contribution is 2.25. The van der Waals surface area contributed by atoms with Crippen LogP contribution in [0.2, 0.25) is 0 Å². The van der Waals surface area contributed by atoms with Crippen LogP contribution in [-0.2, 0) is 11.3 Å². The van der Waals surface area contributed by atoms with Gasteiger partial charge in [-0.2, -0.15) is 0 Å². The number of aromatic nitrogens is 4. The first kappa shape index (κ1) is 19.3. The van der Waals surface area contributed by atoms with Crippen LogP contribution in [0.5, 0.6) is 0 Å². The number of nitrogens with zero attached hydrogens (tertiary/aromatic N) is 4. The number of amides is 1. The fourth-order valence-electron chi connectivity index (χ4n) is 2.71. The number of pyridine rings is 2. The van der Waals surface area contributed by atoms with Gasteiger partial charge in [0.1, 0.15) is 17.5 Å². The molecule has 0 aromatic carbocycles. The molecule has 1 amide bonds. The van der Waals surface area contributed by atoms with E-state index in [0.29, 0.717) is 28.2 Å². The zero-order valence-electron chi connectivity index (χ0n) is 16.1. The summed E-state index contributed by atoms with van der Waals surface area (Å²) >= 11 is 0. The van der Waals surface area contributed by atoms with Gasteiger partial charge in [-0.25, -0.2) is 9.97 Å². The van der Waals surface area contributed by atoms with Crippen molar-refractivity contribution in [2.45, 2.75) is 39.3 Å². The van der Waals surface area contributed by atoms with Crippen LogP contribution in [0.15, 0.2) is 41.7 Å². The third kappa shape index (κ3) is 4.61. The van der Waals surface area contributed by atoms with Gasteiger partial charge in [-0.15, -0.1) is 0 Å². The van der Waals surface area contributed by atoms with Gasteiger partial charge < -0.3 is 20.9 Å². The normalized spacial score (nSPS) is 11.4. The molecule has 9 nitrogen and oxygen atoms in total. The Morgan fingerprint density at radius 3 is 2.68 bits per heavy atom. The Morgan fingerprint density at radius 1 is 1.25 bits per heavy atom. The van der Waals surface area contributed by atoms with Crippen molar-refractivity contribution in [1.29, 1.82) is 0 Å². The molecule has 0 spiro atoms. The van der Waals surface area contributed by atoms with Crippen molar-refractivity contribution < 1.29 is 4.79 Å². The van der Waals surface area contributed by atoms with Gasteiger partial charge in [-0.1, -0.05) is 0 Å². The molecule has 0 aliphatic rings. The minimum absolute atomic E-state index is 0.0905. The molecule has 3 heterocycles. The van der Waals surface area contributed by atoms with Crippen LogP contribution in [0.3, 0.4) is 0 Å². The number of carbonyl (C=O) groups is 1. The van der Waals surface area contributed by atoms with E-state index in [1.54, 1.807) is 30.9 Å². The number of hydrogen-bond acceptors (Lipinski definition) is 7. The van der Waals surface area contributed by atoms with E-state index in [1.807, 2.05) is 26.8 Å². The third-order valence-electron chi connectivity index (χ3n) is 3.87. The van der Waals surface area contributed by atoms with Crippen molar-refractivity contribution in [2.75, 3.05) is 10.6 Å². The van der Waals surface area contributed by atoms with E-state index in [9.17, 15) is 9.59 Å². The molecule has 0 fully saturated rings. The Kier molecular flexibility index (Phi) is 5.25. The van der Waals surface area contributed by atoms with Gasteiger partial charge in [0.15, 0.2) is 0 Å². The minimum Gasteiger partial charge on any atom is -0.370 e. The molecule has 0 aliphatic heterocycles. The molecule has 0 saturated heterocycles. The molecule has 9 heteroatoms. The summed E-state index contributed by atoms with van der Waals surface area (Å²) in [4.78, 5) is 36.9. The van der Waals surface area contributed by atoms with E-state index >= 15 is 0 Å². The monoisotopic (exact) mass is 381 g/mol. The Morgan fingerprint density at radius 2 is 2.04 bits per heavy atom. The lowest BCUT2D eigenvalue weighted by molar-refractivity contribution is -0.118. The van der Waals surface area contributed by atoms with Crippen LogP contribution in [0, 0.1) is 0 Å². The zero-order chi connectivity index (χ0) is 20.3. The summed E-state index contributed by atoms with van der Waals surface area (Å²) in [6, 6.07) is 3.59. The molecule has 146 valence electrons. The number of rotatable bonds is 6. The van der Waals surface area contributed by atoms with E-state index in [0.717, 1.165) is 0 Å². The SMILES string of the molecule is CC(C)(C)Nc1nc(Nc2cnccn2)cc2ccn(CCC(N)=O)c(=O)c12. The highest BCUT2D eigenvalue weighted by Gasteiger charge is 2.17. The Labute approximate surface area is 162 Å². The average molecular weight is 381 g/mol. The van der Waals surface area contributed by atoms with Gasteiger partial charge in [0.05, 0.1) is 11.6 Å². The number of aryl methyl sites for hydroxylation is 1. The van der Waals surface area contributed by atoms with Crippen LogP contribution in [0.4, 0.5) is 17.5 Å². The predicted octanol–water partition coefficient (Wildman–Crippen LogP) is 2.02. The van der Waals surface area contributed by atoms with Crippen LogP contribution in [-0.4, -0.2) is 31.0 Å². The van der Waals surface area contributed by atoms with Crippen molar-refractivity contribution >= 4 is 34.1 Å². The molecule has 0 aliphatic carbocycles. The molecule has 3 aromatic heterocycles. The van der Waals surface area contributed by atoms with Gasteiger partial charge in [-0.3, -0.25) is 14.6 Å². The average Bonchev–Trinajstić information content (AvgIpc) is 2.60. The van der Waals surface area contributed by atoms with E-state index in [4.69, 9.17) is 5.73 Å². The van der Waals surface area contributed by atoms with Crippen molar-refractivity contribution in [2.24, 2.45) is 5.73 Å². The second-order valence-corrected chi connectivity index (χ2v) is 7.44. The number of nitrogens with two attached hydrogens (primary N) is 1. The lowest BCUT2D eigenvalue weighted by Crippen LogP contribution is -2.29. The van der Waals surface area contributed by atoms with Gasteiger partial charge in [0, 0.05) is 37.1 Å². The Hall–Kier alpha value is -3.49. The fraction of sp³-hybridized carbons (Fsp3) is 0.316. The van der Waals surface area contributed by atoms with Gasteiger partial charge in [0.2, 0.25) is 5.91 Å². The van der Waals surface area contributed by atoms with Gasteiger partial charge in [0.25, 0.3) is 5.56 Å². The second kappa shape index (κ2) is 7.63. The van der Waals surface area contributed by atoms with Gasteiger partial charge in [-0.05, 0) is 38.3 Å².